The van der Waals surface area contributed by atoms with Crippen molar-refractivity contribution in [2.75, 3.05) is 19.0 Å². The number of hydrogen-bond donors (Lipinski definition) is 0. The van der Waals surface area contributed by atoms with Crippen molar-refractivity contribution >= 4 is 28.5 Å². The monoisotopic (exact) mass is 265 g/mol. The summed E-state index contributed by atoms with van der Waals surface area (Å²) in [6.07, 6.45) is 0.793. The highest BCUT2D eigenvalue weighted by Crippen LogP contribution is 2.20. The molecule has 0 bridgehead atoms. The molecule has 0 fully saturated rings. The van der Waals surface area contributed by atoms with E-state index in [9.17, 15) is 4.79 Å². The highest BCUT2D eigenvalue weighted by atomic mass is 35.5. The quantitative estimate of drug-likeness (QED) is 0.775. The van der Waals surface area contributed by atoms with E-state index in [0.717, 1.165) is 17.4 Å². The first-order chi connectivity index (χ1) is 8.76. The molecule has 0 saturated carbocycles. The number of hydrogen-bond acceptors (Lipinski definition) is 2. The largest absolute Gasteiger partial charge is 0.451 e. The number of amides is 1. The van der Waals surface area contributed by atoms with Crippen molar-refractivity contribution in [2.24, 2.45) is 0 Å². The molecule has 0 unspecified atom stereocenters. The molecule has 1 aromatic heterocycles. The van der Waals surface area contributed by atoms with E-state index in [4.69, 9.17) is 16.0 Å². The van der Waals surface area contributed by atoms with E-state index in [1.165, 1.54) is 0 Å². The van der Waals surface area contributed by atoms with Gasteiger partial charge in [-0.3, -0.25) is 4.79 Å². The third kappa shape index (κ3) is 2.67. The van der Waals surface area contributed by atoms with E-state index in [2.05, 4.69) is 0 Å². The third-order valence-corrected chi connectivity index (χ3v) is 3.13. The van der Waals surface area contributed by atoms with Gasteiger partial charge in [0.1, 0.15) is 5.58 Å². The van der Waals surface area contributed by atoms with Gasteiger partial charge < -0.3 is 9.32 Å². The van der Waals surface area contributed by atoms with Crippen LogP contribution in [0.1, 0.15) is 23.9 Å². The van der Waals surface area contributed by atoms with Gasteiger partial charge in [-0.15, -0.1) is 11.6 Å². The summed E-state index contributed by atoms with van der Waals surface area (Å²) in [5, 5.41) is 0.953. The summed E-state index contributed by atoms with van der Waals surface area (Å²) in [4.78, 5) is 14.0. The lowest BCUT2D eigenvalue weighted by molar-refractivity contribution is 0.0735. The first kappa shape index (κ1) is 13.0. The fraction of sp³-hybridized carbons (Fsp3) is 0.357. The zero-order valence-corrected chi connectivity index (χ0v) is 11.1. The lowest BCUT2D eigenvalue weighted by Gasteiger charge is -2.18. The number of benzene rings is 1. The molecule has 0 aliphatic rings. The Balaban J connectivity index is 2.21. The van der Waals surface area contributed by atoms with Gasteiger partial charge in [-0.25, -0.2) is 0 Å². The number of rotatable bonds is 5. The van der Waals surface area contributed by atoms with Crippen LogP contribution in [0.3, 0.4) is 0 Å². The van der Waals surface area contributed by atoms with Gasteiger partial charge >= 0.3 is 0 Å². The molecule has 2 rings (SSSR count). The van der Waals surface area contributed by atoms with Crippen molar-refractivity contribution in [3.8, 4) is 0 Å². The average molecular weight is 266 g/mol. The molecule has 0 atom stereocenters. The van der Waals surface area contributed by atoms with Gasteiger partial charge in [0.25, 0.3) is 5.91 Å². The minimum Gasteiger partial charge on any atom is -0.451 e. The van der Waals surface area contributed by atoms with Gasteiger partial charge in [0.15, 0.2) is 5.76 Å². The zero-order chi connectivity index (χ0) is 13.0. The Kier molecular flexibility index (Phi) is 4.26. The Morgan fingerprint density at radius 2 is 2.17 bits per heavy atom. The maximum Gasteiger partial charge on any atom is 0.289 e. The molecule has 3 nitrogen and oxygen atoms in total. The van der Waals surface area contributed by atoms with E-state index in [-0.39, 0.29) is 5.91 Å². The Bertz CT molecular complexity index is 502. The van der Waals surface area contributed by atoms with Crippen LogP contribution in [0.2, 0.25) is 0 Å². The van der Waals surface area contributed by atoms with Gasteiger partial charge in [-0.2, -0.15) is 0 Å². The third-order valence-electron chi connectivity index (χ3n) is 2.87. The number of halogens is 1. The fourth-order valence-electron chi connectivity index (χ4n) is 1.90. The first-order valence-corrected chi connectivity index (χ1v) is 6.63. The second kappa shape index (κ2) is 5.91. The fourth-order valence-corrected chi connectivity index (χ4v) is 2.02. The normalized spacial score (nSPS) is 10.8. The molecule has 1 heterocycles. The molecule has 0 aliphatic heterocycles. The minimum atomic E-state index is -0.0705. The van der Waals surface area contributed by atoms with Crippen molar-refractivity contribution in [1.29, 1.82) is 0 Å². The Morgan fingerprint density at radius 3 is 2.83 bits per heavy atom. The van der Waals surface area contributed by atoms with Gasteiger partial charge in [0, 0.05) is 24.4 Å². The lowest BCUT2D eigenvalue weighted by atomic mass is 10.2. The second-order valence-corrected chi connectivity index (χ2v) is 4.45. The highest BCUT2D eigenvalue weighted by Gasteiger charge is 2.17. The molecule has 0 N–H and O–H groups in total. The van der Waals surface area contributed by atoms with Crippen molar-refractivity contribution in [1.82, 2.24) is 4.90 Å². The summed E-state index contributed by atoms with van der Waals surface area (Å²) in [7, 11) is 0. The number of carbonyl (C=O) groups excluding carboxylic acids is 1. The molecule has 0 aliphatic carbocycles. The number of nitrogens with zero attached hydrogens (tertiary/aromatic N) is 1. The SMILES string of the molecule is CCN(CCCCl)C(=O)c1cc2ccccc2o1. The van der Waals surface area contributed by atoms with Gasteiger partial charge in [-0.1, -0.05) is 18.2 Å². The molecule has 0 radical (unpaired) electrons. The number of fused-ring (bicyclic) bond motifs is 1. The Labute approximate surface area is 111 Å². The van der Waals surface area contributed by atoms with Gasteiger partial charge in [-0.05, 0) is 25.5 Å². The molecule has 1 aromatic carbocycles. The van der Waals surface area contributed by atoms with Gasteiger partial charge in [0.05, 0.1) is 0 Å². The summed E-state index contributed by atoms with van der Waals surface area (Å²) in [6.45, 7) is 3.28. The smallest absolute Gasteiger partial charge is 0.289 e. The molecule has 18 heavy (non-hydrogen) atoms. The van der Waals surface area contributed by atoms with E-state index < -0.39 is 0 Å². The van der Waals surface area contributed by atoms with Crippen LogP contribution >= 0.6 is 11.6 Å². The summed E-state index contributed by atoms with van der Waals surface area (Å²) in [6, 6.07) is 9.41. The minimum absolute atomic E-state index is 0.0705. The molecule has 4 heteroatoms. The number of alkyl halides is 1. The van der Waals surface area contributed by atoms with Crippen LogP contribution in [0.5, 0.6) is 0 Å². The maximum absolute atomic E-state index is 12.2. The summed E-state index contributed by atoms with van der Waals surface area (Å²) >= 11 is 5.66. The van der Waals surface area contributed by atoms with Crippen LogP contribution in [-0.4, -0.2) is 29.8 Å². The highest BCUT2D eigenvalue weighted by molar-refractivity contribution is 6.17. The van der Waals surface area contributed by atoms with Gasteiger partial charge in [0.2, 0.25) is 0 Å². The topological polar surface area (TPSA) is 33.5 Å². The lowest BCUT2D eigenvalue weighted by Crippen LogP contribution is -2.31. The van der Waals surface area contributed by atoms with Crippen LogP contribution in [0.25, 0.3) is 11.0 Å². The Morgan fingerprint density at radius 1 is 1.39 bits per heavy atom. The maximum atomic E-state index is 12.2. The van der Waals surface area contributed by atoms with E-state index >= 15 is 0 Å². The van der Waals surface area contributed by atoms with Crippen molar-refractivity contribution in [3.05, 3.63) is 36.1 Å². The van der Waals surface area contributed by atoms with Crippen molar-refractivity contribution < 1.29 is 9.21 Å². The molecule has 1 amide bonds. The molecule has 0 spiro atoms. The van der Waals surface area contributed by atoms with E-state index in [0.29, 0.717) is 24.7 Å². The molecular formula is C14H16ClNO2. The number of carbonyl (C=O) groups is 1. The number of para-hydroxylation sites is 1. The van der Waals surface area contributed by atoms with Crippen LogP contribution in [0.15, 0.2) is 34.7 Å². The molecular weight excluding hydrogens is 250 g/mol. The van der Waals surface area contributed by atoms with Crippen LogP contribution < -0.4 is 0 Å². The summed E-state index contributed by atoms with van der Waals surface area (Å²) in [5.74, 6) is 0.885. The predicted octanol–water partition coefficient (Wildman–Crippen LogP) is 3.52. The van der Waals surface area contributed by atoms with Crippen LogP contribution in [0, 0.1) is 0 Å². The van der Waals surface area contributed by atoms with E-state index in [1.807, 2.05) is 31.2 Å². The second-order valence-electron chi connectivity index (χ2n) is 4.08. The molecule has 96 valence electrons. The zero-order valence-electron chi connectivity index (χ0n) is 10.4. The van der Waals surface area contributed by atoms with E-state index in [1.54, 1.807) is 11.0 Å². The molecule has 2 aromatic rings. The van der Waals surface area contributed by atoms with Crippen LogP contribution in [0.4, 0.5) is 0 Å². The average Bonchev–Trinajstić information content (AvgIpc) is 2.83. The number of furan rings is 1. The first-order valence-electron chi connectivity index (χ1n) is 6.10. The summed E-state index contributed by atoms with van der Waals surface area (Å²) in [5.41, 5.74) is 0.745. The standard InChI is InChI=1S/C14H16ClNO2/c1-2-16(9-5-8-15)14(17)13-10-11-6-3-4-7-12(11)18-13/h3-4,6-7,10H,2,5,8-9H2,1H3. The van der Waals surface area contributed by atoms with Crippen LogP contribution in [-0.2, 0) is 0 Å². The van der Waals surface area contributed by atoms with Crippen molar-refractivity contribution in [3.63, 3.8) is 0 Å². The predicted molar refractivity (Wildman–Crippen MR) is 73.1 cm³/mol. The van der Waals surface area contributed by atoms with Crippen molar-refractivity contribution in [2.45, 2.75) is 13.3 Å². The summed E-state index contributed by atoms with van der Waals surface area (Å²) < 4.78 is 5.57. The molecule has 0 saturated heterocycles. The Hall–Kier alpha value is -1.48.